The summed E-state index contributed by atoms with van der Waals surface area (Å²) in [7, 11) is 1.51. The summed E-state index contributed by atoms with van der Waals surface area (Å²) in [6, 6.07) is 16.2. The van der Waals surface area contributed by atoms with Crippen molar-refractivity contribution in [2.45, 2.75) is 17.8 Å². The molecule has 1 spiro atoms. The molecule has 5 rings (SSSR count). The molecule has 1 aliphatic carbocycles. The van der Waals surface area contributed by atoms with Crippen LogP contribution in [0.5, 0.6) is 5.88 Å². The number of pyridine rings is 1. The number of anilines is 1. The summed E-state index contributed by atoms with van der Waals surface area (Å²) in [5.74, 6) is -0.463. The monoisotopic (exact) mass is 464 g/mol. The van der Waals surface area contributed by atoms with Gasteiger partial charge in [0.05, 0.1) is 7.11 Å². The van der Waals surface area contributed by atoms with Crippen molar-refractivity contribution < 1.29 is 14.3 Å². The Morgan fingerprint density at radius 1 is 1.06 bits per heavy atom. The molecule has 160 valence electrons. The Balaban J connectivity index is 1.86. The van der Waals surface area contributed by atoms with Crippen molar-refractivity contribution in [3.63, 3.8) is 0 Å². The van der Waals surface area contributed by atoms with Gasteiger partial charge in [-0.05, 0) is 59.2 Å². The molecule has 1 aromatic heterocycles. The number of nitrogens with zero attached hydrogens (tertiary/aromatic N) is 1. The van der Waals surface area contributed by atoms with Crippen LogP contribution in [-0.4, -0.2) is 23.8 Å². The lowest BCUT2D eigenvalue weighted by Crippen LogP contribution is -2.45. The average Bonchev–Trinajstić information content (AvgIpc) is 3.06. The third kappa shape index (κ3) is 3.04. The fourth-order valence-corrected chi connectivity index (χ4v) is 5.31. The van der Waals surface area contributed by atoms with Crippen LogP contribution in [0.2, 0.25) is 10.0 Å². The van der Waals surface area contributed by atoms with Crippen LogP contribution in [0.3, 0.4) is 0 Å². The standard InChI is InChI=1S/C25H18Cl2N2O3/c1-32-23-18(6-3-9-28-23)21-13-17(30)12-20(14-4-2-5-15(26)10-14)25(21)19-8-7-16(27)11-22(19)29-24(25)31/h2-11,13,20H,12H2,1H3,(H,29,31)/t20-,25-/m0/s1. The van der Waals surface area contributed by atoms with Gasteiger partial charge in [-0.3, -0.25) is 9.59 Å². The van der Waals surface area contributed by atoms with Gasteiger partial charge in [-0.1, -0.05) is 41.4 Å². The highest BCUT2D eigenvalue weighted by Gasteiger charge is 2.58. The fourth-order valence-electron chi connectivity index (χ4n) is 4.94. The van der Waals surface area contributed by atoms with E-state index >= 15 is 0 Å². The van der Waals surface area contributed by atoms with E-state index in [0.717, 1.165) is 11.1 Å². The van der Waals surface area contributed by atoms with Crippen LogP contribution in [0.25, 0.3) is 5.57 Å². The molecule has 0 saturated carbocycles. The highest BCUT2D eigenvalue weighted by molar-refractivity contribution is 6.31. The molecule has 1 N–H and O–H groups in total. The Bertz CT molecular complexity index is 1300. The van der Waals surface area contributed by atoms with Crippen LogP contribution < -0.4 is 10.1 Å². The third-order valence-electron chi connectivity index (χ3n) is 6.18. The number of hydrogen-bond acceptors (Lipinski definition) is 4. The van der Waals surface area contributed by atoms with Crippen LogP contribution in [0.4, 0.5) is 5.69 Å². The quantitative estimate of drug-likeness (QED) is 0.561. The van der Waals surface area contributed by atoms with Gasteiger partial charge in [0.25, 0.3) is 0 Å². The Morgan fingerprint density at radius 3 is 2.66 bits per heavy atom. The lowest BCUT2D eigenvalue weighted by molar-refractivity contribution is -0.121. The normalized spacial score (nSPS) is 21.8. The van der Waals surface area contributed by atoms with Gasteiger partial charge in [0.1, 0.15) is 5.41 Å². The van der Waals surface area contributed by atoms with Crippen LogP contribution >= 0.6 is 23.2 Å². The number of allylic oxidation sites excluding steroid dienone is 1. The van der Waals surface area contributed by atoms with Crippen LogP contribution in [-0.2, 0) is 15.0 Å². The molecule has 7 heteroatoms. The van der Waals surface area contributed by atoms with Crippen molar-refractivity contribution in [3.8, 4) is 5.88 Å². The summed E-state index contributed by atoms with van der Waals surface area (Å²) in [4.78, 5) is 31.2. The van der Waals surface area contributed by atoms with E-state index in [1.807, 2.05) is 30.3 Å². The number of amides is 1. The van der Waals surface area contributed by atoms with E-state index in [9.17, 15) is 9.59 Å². The highest BCUT2D eigenvalue weighted by atomic mass is 35.5. The summed E-state index contributed by atoms with van der Waals surface area (Å²) in [5, 5.41) is 4.04. The molecule has 2 atom stereocenters. The molecule has 0 saturated heterocycles. The SMILES string of the molecule is COc1ncccc1C1=CC(=O)C[C@@H](c2cccc(Cl)c2)[C@]12C(=O)Nc1cc(Cl)ccc12. The first kappa shape index (κ1) is 20.7. The van der Waals surface area contributed by atoms with Gasteiger partial charge >= 0.3 is 0 Å². The van der Waals surface area contributed by atoms with Gasteiger partial charge in [0, 0.05) is 39.8 Å². The summed E-state index contributed by atoms with van der Waals surface area (Å²) in [6.07, 6.45) is 3.31. The molecule has 2 aliphatic rings. The van der Waals surface area contributed by atoms with E-state index in [4.69, 9.17) is 27.9 Å². The molecule has 0 fully saturated rings. The predicted octanol–water partition coefficient (Wildman–Crippen LogP) is 5.43. The van der Waals surface area contributed by atoms with E-state index in [-0.39, 0.29) is 18.1 Å². The molecule has 2 aromatic carbocycles. The first-order chi connectivity index (χ1) is 15.4. The molecule has 0 radical (unpaired) electrons. The molecule has 32 heavy (non-hydrogen) atoms. The van der Waals surface area contributed by atoms with Gasteiger partial charge in [-0.25, -0.2) is 4.98 Å². The number of ketones is 1. The zero-order chi connectivity index (χ0) is 22.5. The zero-order valence-electron chi connectivity index (χ0n) is 17.1. The lowest BCUT2D eigenvalue weighted by atomic mass is 9.58. The Hall–Kier alpha value is -3.15. The maximum Gasteiger partial charge on any atom is 0.240 e. The molecule has 1 aliphatic heterocycles. The zero-order valence-corrected chi connectivity index (χ0v) is 18.6. The van der Waals surface area contributed by atoms with E-state index in [2.05, 4.69) is 10.3 Å². The van der Waals surface area contributed by atoms with Gasteiger partial charge in [-0.15, -0.1) is 0 Å². The maximum absolute atomic E-state index is 13.9. The third-order valence-corrected chi connectivity index (χ3v) is 6.65. The number of benzene rings is 2. The van der Waals surface area contributed by atoms with Gasteiger partial charge < -0.3 is 10.1 Å². The van der Waals surface area contributed by atoms with Crippen molar-refractivity contribution in [3.05, 3.63) is 93.6 Å². The molecule has 0 unspecified atom stereocenters. The second kappa shape index (κ2) is 7.76. The van der Waals surface area contributed by atoms with E-state index in [1.165, 1.54) is 7.11 Å². The van der Waals surface area contributed by atoms with E-state index in [1.54, 1.807) is 36.5 Å². The number of hydrogen-bond donors (Lipinski definition) is 1. The molecule has 0 bridgehead atoms. The molecular weight excluding hydrogens is 447 g/mol. The molecule has 1 amide bonds. The van der Waals surface area contributed by atoms with Gasteiger partial charge in [0.2, 0.25) is 11.8 Å². The number of fused-ring (bicyclic) bond motifs is 2. The second-order valence-corrected chi connectivity index (χ2v) is 8.72. The second-order valence-electron chi connectivity index (χ2n) is 7.85. The number of halogens is 2. The van der Waals surface area contributed by atoms with E-state index < -0.39 is 11.3 Å². The number of rotatable bonds is 3. The number of carbonyl (C=O) groups excluding carboxylic acids is 2. The minimum atomic E-state index is -1.19. The van der Waals surface area contributed by atoms with Crippen LogP contribution in [0.15, 0.2) is 66.9 Å². The number of nitrogens with one attached hydrogen (secondary N) is 1. The largest absolute Gasteiger partial charge is 0.481 e. The minimum absolute atomic E-state index is 0.0864. The van der Waals surface area contributed by atoms with Crippen molar-refractivity contribution in [2.75, 3.05) is 12.4 Å². The van der Waals surface area contributed by atoms with Crippen LogP contribution in [0.1, 0.15) is 29.0 Å². The summed E-state index contributed by atoms with van der Waals surface area (Å²) >= 11 is 12.5. The number of aromatic nitrogens is 1. The molecule has 5 nitrogen and oxygen atoms in total. The Kier molecular flexibility index (Phi) is 5.03. The van der Waals surface area contributed by atoms with Gasteiger partial charge in [0.15, 0.2) is 5.78 Å². The first-order valence-corrected chi connectivity index (χ1v) is 10.8. The lowest BCUT2D eigenvalue weighted by Gasteiger charge is -2.41. The fraction of sp³-hybridized carbons (Fsp3) is 0.160. The van der Waals surface area contributed by atoms with Crippen molar-refractivity contribution >= 4 is 46.2 Å². The average molecular weight is 465 g/mol. The number of methoxy groups -OCH3 is 1. The highest BCUT2D eigenvalue weighted by Crippen LogP contribution is 2.58. The van der Waals surface area contributed by atoms with Crippen LogP contribution in [0, 0.1) is 0 Å². The summed E-state index contributed by atoms with van der Waals surface area (Å²) in [6.45, 7) is 0. The Labute approximate surface area is 195 Å². The van der Waals surface area contributed by atoms with Crippen molar-refractivity contribution in [1.82, 2.24) is 4.98 Å². The Morgan fingerprint density at radius 2 is 1.88 bits per heavy atom. The smallest absolute Gasteiger partial charge is 0.240 e. The molecule has 3 aromatic rings. The minimum Gasteiger partial charge on any atom is -0.481 e. The number of carbonyl (C=O) groups is 2. The first-order valence-electron chi connectivity index (χ1n) is 10.1. The summed E-state index contributed by atoms with van der Waals surface area (Å²) in [5.41, 5.74) is 2.13. The van der Waals surface area contributed by atoms with Crippen molar-refractivity contribution in [2.24, 2.45) is 0 Å². The van der Waals surface area contributed by atoms with Crippen molar-refractivity contribution in [1.29, 1.82) is 0 Å². The number of ether oxygens (including phenoxy) is 1. The maximum atomic E-state index is 13.9. The summed E-state index contributed by atoms with van der Waals surface area (Å²) < 4.78 is 5.50. The molecule has 2 heterocycles. The topological polar surface area (TPSA) is 68.3 Å². The van der Waals surface area contributed by atoms with Gasteiger partial charge in [-0.2, -0.15) is 0 Å². The van der Waals surface area contributed by atoms with E-state index in [0.29, 0.717) is 32.7 Å². The molecular formula is C25H18Cl2N2O3. The predicted molar refractivity (Wildman–Crippen MR) is 124 cm³/mol.